The molecule has 0 heterocycles. The average Bonchev–Trinajstić information content (AvgIpc) is 2.27. The summed E-state index contributed by atoms with van der Waals surface area (Å²) in [5, 5.41) is 0. The molecular formula is C10H6F9N. The van der Waals surface area contributed by atoms with E-state index in [1.54, 1.807) is 0 Å². The van der Waals surface area contributed by atoms with Gasteiger partial charge >= 0.3 is 23.9 Å². The van der Waals surface area contributed by atoms with Gasteiger partial charge in [0, 0.05) is 5.69 Å². The van der Waals surface area contributed by atoms with Crippen LogP contribution in [0, 0.1) is 0 Å². The molecule has 0 aromatic heterocycles. The summed E-state index contributed by atoms with van der Waals surface area (Å²) < 4.78 is 114. The highest BCUT2D eigenvalue weighted by molar-refractivity contribution is 5.49. The number of hydrogen-bond acceptors (Lipinski definition) is 1. The highest BCUT2D eigenvalue weighted by Gasteiger charge is 2.82. The summed E-state index contributed by atoms with van der Waals surface area (Å²) in [5.74, 6) is -19.4. The minimum Gasteiger partial charge on any atom is -0.398 e. The second-order valence-electron chi connectivity index (χ2n) is 3.81. The first kappa shape index (κ1) is 16.4. The van der Waals surface area contributed by atoms with Gasteiger partial charge in [0.25, 0.3) is 0 Å². The van der Waals surface area contributed by atoms with E-state index in [0.29, 0.717) is 6.07 Å². The molecule has 1 nitrogen and oxygen atoms in total. The summed E-state index contributed by atoms with van der Waals surface area (Å²) in [6, 6.07) is 2.69. The lowest BCUT2D eigenvalue weighted by Crippen LogP contribution is -2.59. The van der Waals surface area contributed by atoms with E-state index in [2.05, 4.69) is 0 Å². The van der Waals surface area contributed by atoms with E-state index in [9.17, 15) is 39.5 Å². The van der Waals surface area contributed by atoms with E-state index < -0.39 is 35.2 Å². The summed E-state index contributed by atoms with van der Waals surface area (Å²) in [5.41, 5.74) is 2.07. The van der Waals surface area contributed by atoms with E-state index in [1.165, 1.54) is 0 Å². The number of halogens is 9. The molecule has 0 fully saturated rings. The van der Waals surface area contributed by atoms with Gasteiger partial charge in [0.15, 0.2) is 0 Å². The van der Waals surface area contributed by atoms with Gasteiger partial charge in [-0.2, -0.15) is 39.5 Å². The van der Waals surface area contributed by atoms with Gasteiger partial charge < -0.3 is 5.73 Å². The topological polar surface area (TPSA) is 26.0 Å². The molecule has 0 radical (unpaired) electrons. The van der Waals surface area contributed by atoms with Crippen molar-refractivity contribution in [2.24, 2.45) is 0 Å². The second kappa shape index (κ2) is 4.45. The van der Waals surface area contributed by atoms with E-state index in [1.807, 2.05) is 0 Å². The zero-order valence-electron chi connectivity index (χ0n) is 9.29. The van der Waals surface area contributed by atoms with Crippen molar-refractivity contribution in [3.63, 3.8) is 0 Å². The molecule has 0 aliphatic rings. The minimum absolute atomic E-state index is 0.246. The largest absolute Gasteiger partial charge is 0.460 e. The molecule has 0 aliphatic heterocycles. The molecule has 0 unspecified atom stereocenters. The Kier molecular flexibility index (Phi) is 3.66. The molecule has 20 heavy (non-hydrogen) atoms. The summed E-state index contributed by atoms with van der Waals surface area (Å²) in [4.78, 5) is 0. The van der Waals surface area contributed by atoms with Gasteiger partial charge in [-0.3, -0.25) is 0 Å². The van der Waals surface area contributed by atoms with Gasteiger partial charge in [0.05, 0.1) is 5.56 Å². The standard InChI is InChI=1S/C10H6F9N/c11-7(12,5-3-1-2-4-6(5)20)8(13,14)9(15,16)10(17,18)19/h1-4H,20H2. The fourth-order valence-electron chi connectivity index (χ4n) is 1.33. The number of benzene rings is 1. The second-order valence-corrected chi connectivity index (χ2v) is 3.81. The zero-order chi connectivity index (χ0) is 16.0. The van der Waals surface area contributed by atoms with Gasteiger partial charge in [0.2, 0.25) is 0 Å². The lowest BCUT2D eigenvalue weighted by Gasteiger charge is -2.34. The highest BCUT2D eigenvalue weighted by Crippen LogP contribution is 2.57. The molecule has 1 aromatic carbocycles. The summed E-state index contributed by atoms with van der Waals surface area (Å²) in [6.07, 6.45) is -6.84. The van der Waals surface area contributed by atoms with Crippen LogP contribution in [0.25, 0.3) is 0 Å². The molecule has 0 atom stereocenters. The Balaban J connectivity index is 3.44. The lowest BCUT2D eigenvalue weighted by atomic mass is 9.95. The fraction of sp³-hybridized carbons (Fsp3) is 0.400. The molecule has 0 aliphatic carbocycles. The van der Waals surface area contributed by atoms with Gasteiger partial charge in [-0.05, 0) is 6.07 Å². The molecule has 2 N–H and O–H groups in total. The molecule has 0 spiro atoms. The third-order valence-corrected chi connectivity index (χ3v) is 2.44. The first-order valence-electron chi connectivity index (χ1n) is 4.82. The minimum atomic E-state index is -6.92. The Morgan fingerprint density at radius 2 is 1.15 bits per heavy atom. The molecule has 1 aromatic rings. The maximum absolute atomic E-state index is 13.4. The highest BCUT2D eigenvalue weighted by atomic mass is 19.4. The van der Waals surface area contributed by atoms with Crippen molar-refractivity contribution in [2.75, 3.05) is 5.73 Å². The molecule has 0 saturated carbocycles. The van der Waals surface area contributed by atoms with Crippen LogP contribution in [0.2, 0.25) is 0 Å². The zero-order valence-corrected chi connectivity index (χ0v) is 9.29. The monoisotopic (exact) mass is 311 g/mol. The van der Waals surface area contributed by atoms with Crippen LogP contribution in [0.15, 0.2) is 24.3 Å². The van der Waals surface area contributed by atoms with Crippen LogP contribution in [-0.2, 0) is 5.92 Å². The predicted molar refractivity (Wildman–Crippen MR) is 50.7 cm³/mol. The van der Waals surface area contributed by atoms with Crippen molar-refractivity contribution in [2.45, 2.75) is 23.9 Å². The average molecular weight is 311 g/mol. The quantitative estimate of drug-likeness (QED) is 0.657. The fourth-order valence-corrected chi connectivity index (χ4v) is 1.33. The van der Waals surface area contributed by atoms with Crippen LogP contribution in [-0.4, -0.2) is 18.0 Å². The van der Waals surface area contributed by atoms with E-state index >= 15 is 0 Å². The Bertz CT molecular complexity index is 492. The third-order valence-electron chi connectivity index (χ3n) is 2.44. The number of hydrogen-bond donors (Lipinski definition) is 1. The van der Waals surface area contributed by atoms with Gasteiger partial charge in [-0.25, -0.2) is 0 Å². The van der Waals surface area contributed by atoms with Gasteiger partial charge in [-0.1, -0.05) is 18.2 Å². The Morgan fingerprint density at radius 1 is 0.700 bits per heavy atom. The van der Waals surface area contributed by atoms with Crippen molar-refractivity contribution < 1.29 is 39.5 Å². The SMILES string of the molecule is Nc1ccccc1C(F)(F)C(F)(F)C(F)(F)C(F)(F)F. The molecule has 1 rings (SSSR count). The number of para-hydroxylation sites is 1. The number of rotatable bonds is 3. The maximum atomic E-state index is 13.4. The van der Waals surface area contributed by atoms with Gasteiger partial charge in [0.1, 0.15) is 0 Å². The van der Waals surface area contributed by atoms with Crippen LogP contribution < -0.4 is 5.73 Å². The number of nitrogen functional groups attached to an aromatic ring is 1. The smallest absolute Gasteiger partial charge is 0.398 e. The van der Waals surface area contributed by atoms with E-state index in [4.69, 9.17) is 5.73 Å². The van der Waals surface area contributed by atoms with Crippen LogP contribution in [0.3, 0.4) is 0 Å². The van der Waals surface area contributed by atoms with Crippen LogP contribution in [0.4, 0.5) is 45.2 Å². The Hall–Kier alpha value is -1.61. The van der Waals surface area contributed by atoms with Crippen LogP contribution in [0.1, 0.15) is 5.56 Å². The molecule has 114 valence electrons. The molecule has 0 amide bonds. The first-order valence-corrected chi connectivity index (χ1v) is 4.82. The lowest BCUT2D eigenvalue weighted by molar-refractivity contribution is -0.399. The Morgan fingerprint density at radius 3 is 1.55 bits per heavy atom. The summed E-state index contributed by atoms with van der Waals surface area (Å²) >= 11 is 0. The first-order chi connectivity index (χ1) is 8.77. The number of nitrogens with two attached hydrogens (primary N) is 1. The third kappa shape index (κ3) is 2.16. The summed E-state index contributed by atoms with van der Waals surface area (Å²) in [6.45, 7) is 0. The van der Waals surface area contributed by atoms with E-state index in [0.717, 1.165) is 12.1 Å². The van der Waals surface area contributed by atoms with Crippen molar-refractivity contribution in [1.82, 2.24) is 0 Å². The van der Waals surface area contributed by atoms with Crippen LogP contribution >= 0.6 is 0 Å². The Labute approximate surface area is 106 Å². The molecule has 10 heteroatoms. The predicted octanol–water partition coefficient (Wildman–Crippen LogP) is 4.19. The number of alkyl halides is 9. The molecule has 0 bridgehead atoms. The van der Waals surface area contributed by atoms with Crippen molar-refractivity contribution in [1.29, 1.82) is 0 Å². The van der Waals surface area contributed by atoms with E-state index in [-0.39, 0.29) is 6.07 Å². The van der Waals surface area contributed by atoms with Gasteiger partial charge in [-0.15, -0.1) is 0 Å². The van der Waals surface area contributed by atoms with Crippen molar-refractivity contribution in [3.8, 4) is 0 Å². The van der Waals surface area contributed by atoms with Crippen molar-refractivity contribution in [3.05, 3.63) is 29.8 Å². The van der Waals surface area contributed by atoms with Crippen LogP contribution in [0.5, 0.6) is 0 Å². The molecule has 0 saturated heterocycles. The molecular weight excluding hydrogens is 305 g/mol. The summed E-state index contributed by atoms with van der Waals surface area (Å²) in [7, 11) is 0. The number of anilines is 1. The van der Waals surface area contributed by atoms with Crippen molar-refractivity contribution >= 4 is 5.69 Å². The normalized spacial score (nSPS) is 14.4. The maximum Gasteiger partial charge on any atom is 0.460 e.